The summed E-state index contributed by atoms with van der Waals surface area (Å²) < 4.78 is 7.80. The smallest absolute Gasteiger partial charge is 0.191 e. The molecule has 0 aliphatic carbocycles. The van der Waals surface area contributed by atoms with Crippen molar-refractivity contribution >= 4 is 17.0 Å². The Kier molecular flexibility index (Phi) is 8.25. The Morgan fingerprint density at radius 1 is 1.16 bits per heavy atom. The van der Waals surface area contributed by atoms with Gasteiger partial charge in [0.1, 0.15) is 5.82 Å². The summed E-state index contributed by atoms with van der Waals surface area (Å²) in [5.74, 6) is 1.87. The van der Waals surface area contributed by atoms with E-state index in [0.29, 0.717) is 0 Å². The molecule has 6 heteroatoms. The van der Waals surface area contributed by atoms with Crippen molar-refractivity contribution in [3.63, 3.8) is 0 Å². The number of nitrogens with zero attached hydrogens (tertiary/aromatic N) is 3. The molecular weight excluding hydrogens is 314 g/mol. The highest BCUT2D eigenvalue weighted by molar-refractivity contribution is 5.79. The van der Waals surface area contributed by atoms with Crippen molar-refractivity contribution in [2.75, 3.05) is 33.4 Å². The number of rotatable bonds is 10. The van der Waals surface area contributed by atoms with Gasteiger partial charge in [0, 0.05) is 39.9 Å². The fraction of sp³-hybridized carbons (Fsp3) is 0.579. The summed E-state index contributed by atoms with van der Waals surface area (Å²) >= 11 is 0. The molecule has 0 fully saturated rings. The normalized spacial score (nSPS) is 11.9. The summed E-state index contributed by atoms with van der Waals surface area (Å²) in [7, 11) is 1.80. The van der Waals surface area contributed by atoms with E-state index in [1.54, 1.807) is 7.05 Å². The molecule has 0 aliphatic rings. The molecule has 1 heterocycles. The molecule has 25 heavy (non-hydrogen) atoms. The number of guanidine groups is 1. The Morgan fingerprint density at radius 2 is 1.92 bits per heavy atom. The molecule has 2 aromatic rings. The second-order valence-electron chi connectivity index (χ2n) is 6.04. The summed E-state index contributed by atoms with van der Waals surface area (Å²) in [4.78, 5) is 8.87. The number of unbranched alkanes of at least 4 members (excludes halogenated alkanes) is 1. The SMILES string of the molecule is CCCCOCCCNC(=NC)NCCn1c(C)nc2ccccc21. The molecule has 0 amide bonds. The number of hydrogen-bond donors (Lipinski definition) is 2. The molecule has 2 rings (SSSR count). The number of ether oxygens (including phenoxy) is 1. The zero-order chi connectivity index (χ0) is 17.9. The number of para-hydroxylation sites is 2. The lowest BCUT2D eigenvalue weighted by atomic mass is 10.3. The number of imidazole rings is 1. The second-order valence-corrected chi connectivity index (χ2v) is 6.04. The van der Waals surface area contributed by atoms with Gasteiger partial charge >= 0.3 is 0 Å². The Balaban J connectivity index is 1.69. The first-order valence-corrected chi connectivity index (χ1v) is 9.20. The van der Waals surface area contributed by atoms with Crippen LogP contribution in [0.5, 0.6) is 0 Å². The maximum atomic E-state index is 5.56. The van der Waals surface area contributed by atoms with Crippen molar-refractivity contribution < 1.29 is 4.74 Å². The minimum atomic E-state index is 0.796. The van der Waals surface area contributed by atoms with Crippen molar-refractivity contribution in [1.29, 1.82) is 0 Å². The van der Waals surface area contributed by atoms with E-state index in [1.807, 2.05) is 13.0 Å². The standard InChI is InChI=1S/C19H31N5O/c1-4-5-14-25-15-8-11-21-19(20-3)22-12-13-24-16(2)23-17-9-6-7-10-18(17)24/h6-7,9-10H,4-5,8,11-15H2,1-3H3,(H2,20,21,22). The zero-order valence-electron chi connectivity index (χ0n) is 15.7. The van der Waals surface area contributed by atoms with Gasteiger partial charge in [-0.3, -0.25) is 4.99 Å². The number of benzene rings is 1. The molecule has 0 saturated carbocycles. The molecule has 1 aromatic carbocycles. The Labute approximate surface area is 150 Å². The highest BCUT2D eigenvalue weighted by Crippen LogP contribution is 2.14. The van der Waals surface area contributed by atoms with Crippen LogP contribution in [0, 0.1) is 6.92 Å². The fourth-order valence-electron chi connectivity index (χ4n) is 2.71. The largest absolute Gasteiger partial charge is 0.381 e. The first-order valence-electron chi connectivity index (χ1n) is 9.20. The zero-order valence-corrected chi connectivity index (χ0v) is 15.7. The topological polar surface area (TPSA) is 63.5 Å². The molecule has 0 unspecified atom stereocenters. The molecule has 138 valence electrons. The first kappa shape index (κ1) is 19.2. The van der Waals surface area contributed by atoms with Crippen LogP contribution in [0.4, 0.5) is 0 Å². The fourth-order valence-corrected chi connectivity index (χ4v) is 2.71. The van der Waals surface area contributed by atoms with Crippen molar-refractivity contribution in [2.24, 2.45) is 4.99 Å². The van der Waals surface area contributed by atoms with Gasteiger partial charge in [-0.15, -0.1) is 0 Å². The van der Waals surface area contributed by atoms with Crippen LogP contribution < -0.4 is 10.6 Å². The highest BCUT2D eigenvalue weighted by atomic mass is 16.5. The lowest BCUT2D eigenvalue weighted by Crippen LogP contribution is -2.39. The molecule has 6 nitrogen and oxygen atoms in total. The number of fused-ring (bicyclic) bond motifs is 1. The van der Waals surface area contributed by atoms with Crippen LogP contribution in [0.15, 0.2) is 29.3 Å². The van der Waals surface area contributed by atoms with E-state index in [2.05, 4.69) is 50.3 Å². The summed E-state index contributed by atoms with van der Waals surface area (Å²) in [6.45, 7) is 8.39. The molecule has 0 saturated heterocycles. The molecule has 0 atom stereocenters. The Hall–Kier alpha value is -2.08. The van der Waals surface area contributed by atoms with Gasteiger partial charge in [-0.1, -0.05) is 25.5 Å². The number of aryl methyl sites for hydroxylation is 1. The minimum Gasteiger partial charge on any atom is -0.381 e. The summed E-state index contributed by atoms with van der Waals surface area (Å²) in [6.07, 6.45) is 3.30. The summed E-state index contributed by atoms with van der Waals surface area (Å²) in [5, 5.41) is 6.69. The van der Waals surface area contributed by atoms with Gasteiger partial charge in [-0.2, -0.15) is 0 Å². The monoisotopic (exact) mass is 345 g/mol. The lowest BCUT2D eigenvalue weighted by molar-refractivity contribution is 0.129. The van der Waals surface area contributed by atoms with Crippen LogP contribution >= 0.6 is 0 Å². The van der Waals surface area contributed by atoms with Gasteiger partial charge in [0.25, 0.3) is 0 Å². The highest BCUT2D eigenvalue weighted by Gasteiger charge is 2.06. The predicted octanol–water partition coefficient (Wildman–Crippen LogP) is 2.72. The maximum absolute atomic E-state index is 5.56. The average Bonchev–Trinajstić information content (AvgIpc) is 2.95. The molecular formula is C19H31N5O. The van der Waals surface area contributed by atoms with Crippen LogP contribution in [0.1, 0.15) is 32.0 Å². The number of aliphatic imine (C=N–C) groups is 1. The Bertz CT molecular complexity index is 665. The van der Waals surface area contributed by atoms with E-state index < -0.39 is 0 Å². The van der Waals surface area contributed by atoms with Gasteiger partial charge < -0.3 is 19.9 Å². The van der Waals surface area contributed by atoms with E-state index in [4.69, 9.17) is 4.74 Å². The lowest BCUT2D eigenvalue weighted by Gasteiger charge is -2.13. The quantitative estimate of drug-likeness (QED) is 0.395. The van der Waals surface area contributed by atoms with Gasteiger partial charge in [0.2, 0.25) is 0 Å². The van der Waals surface area contributed by atoms with E-state index >= 15 is 0 Å². The number of nitrogens with one attached hydrogen (secondary N) is 2. The van der Waals surface area contributed by atoms with Crippen molar-refractivity contribution in [3.8, 4) is 0 Å². The Morgan fingerprint density at radius 3 is 2.72 bits per heavy atom. The molecule has 1 aromatic heterocycles. The third-order valence-electron chi connectivity index (χ3n) is 4.10. The number of aromatic nitrogens is 2. The van der Waals surface area contributed by atoms with Gasteiger partial charge in [-0.05, 0) is 31.9 Å². The number of hydrogen-bond acceptors (Lipinski definition) is 3. The van der Waals surface area contributed by atoms with Crippen molar-refractivity contribution in [1.82, 2.24) is 20.2 Å². The van der Waals surface area contributed by atoms with E-state index in [-0.39, 0.29) is 0 Å². The minimum absolute atomic E-state index is 0.796. The molecule has 2 N–H and O–H groups in total. The van der Waals surface area contributed by atoms with E-state index in [9.17, 15) is 0 Å². The van der Waals surface area contributed by atoms with Crippen LogP contribution in [0.25, 0.3) is 11.0 Å². The second kappa shape index (κ2) is 10.7. The van der Waals surface area contributed by atoms with Crippen LogP contribution in [-0.2, 0) is 11.3 Å². The van der Waals surface area contributed by atoms with Crippen molar-refractivity contribution in [2.45, 2.75) is 39.7 Å². The van der Waals surface area contributed by atoms with Crippen molar-refractivity contribution in [3.05, 3.63) is 30.1 Å². The van der Waals surface area contributed by atoms with E-state index in [1.165, 1.54) is 11.9 Å². The van der Waals surface area contributed by atoms with Gasteiger partial charge in [0.05, 0.1) is 11.0 Å². The molecule has 0 radical (unpaired) electrons. The summed E-state index contributed by atoms with van der Waals surface area (Å²) in [6, 6.07) is 8.24. The first-order chi connectivity index (χ1) is 12.3. The van der Waals surface area contributed by atoms with E-state index in [0.717, 1.165) is 63.0 Å². The predicted molar refractivity (Wildman–Crippen MR) is 104 cm³/mol. The summed E-state index contributed by atoms with van der Waals surface area (Å²) in [5.41, 5.74) is 2.22. The van der Waals surface area contributed by atoms with Crippen LogP contribution in [-0.4, -0.2) is 48.9 Å². The van der Waals surface area contributed by atoms with Crippen LogP contribution in [0.3, 0.4) is 0 Å². The maximum Gasteiger partial charge on any atom is 0.191 e. The molecule has 0 bridgehead atoms. The third-order valence-corrected chi connectivity index (χ3v) is 4.10. The van der Waals surface area contributed by atoms with Gasteiger partial charge in [-0.25, -0.2) is 4.98 Å². The van der Waals surface area contributed by atoms with Gasteiger partial charge in [0.15, 0.2) is 5.96 Å². The van der Waals surface area contributed by atoms with Crippen LogP contribution in [0.2, 0.25) is 0 Å². The average molecular weight is 345 g/mol. The molecule has 0 aliphatic heterocycles. The molecule has 0 spiro atoms. The third kappa shape index (κ3) is 6.05.